The van der Waals surface area contributed by atoms with Crippen LogP contribution in [0.25, 0.3) is 0 Å². The molecule has 1 aromatic carbocycles. The molecule has 0 fully saturated rings. The molecule has 3 heteroatoms. The highest BCUT2D eigenvalue weighted by Gasteiger charge is 2.19. The molecule has 106 valence electrons. The first-order chi connectivity index (χ1) is 9.27. The summed E-state index contributed by atoms with van der Waals surface area (Å²) in [5.74, 6) is 0. The molecule has 2 rings (SSSR count). The molecule has 0 amide bonds. The van der Waals surface area contributed by atoms with Gasteiger partial charge in [0.1, 0.15) is 0 Å². The molecule has 1 N–H and O–H groups in total. The van der Waals surface area contributed by atoms with Crippen LogP contribution in [0.2, 0.25) is 0 Å². The molecule has 0 aliphatic carbocycles. The molecule has 1 atom stereocenters. The number of rotatable bonds is 6. The zero-order valence-corrected chi connectivity index (χ0v) is 12.4. The highest BCUT2D eigenvalue weighted by atomic mass is 16.5. The van der Waals surface area contributed by atoms with E-state index in [2.05, 4.69) is 42.3 Å². The van der Waals surface area contributed by atoms with Gasteiger partial charge in [-0.1, -0.05) is 19.1 Å². The zero-order valence-electron chi connectivity index (χ0n) is 12.4. The summed E-state index contributed by atoms with van der Waals surface area (Å²) in [4.78, 5) is 2.50. The van der Waals surface area contributed by atoms with Gasteiger partial charge in [0.15, 0.2) is 0 Å². The topological polar surface area (TPSA) is 24.5 Å². The first kappa shape index (κ1) is 14.4. The van der Waals surface area contributed by atoms with Crippen LogP contribution < -0.4 is 10.2 Å². The summed E-state index contributed by atoms with van der Waals surface area (Å²) in [6.45, 7) is 8.37. The number of anilines is 1. The third-order valence-electron chi connectivity index (χ3n) is 4.09. The van der Waals surface area contributed by atoms with Crippen molar-refractivity contribution in [2.45, 2.75) is 39.3 Å². The molecule has 0 bridgehead atoms. The SMILES string of the molecule is CCC(C)N(CCOC)c1cccc2c1CNCC2. The van der Waals surface area contributed by atoms with E-state index in [1.165, 1.54) is 16.8 Å². The molecule has 3 nitrogen and oxygen atoms in total. The van der Waals surface area contributed by atoms with E-state index >= 15 is 0 Å². The normalized spacial score (nSPS) is 15.9. The number of nitrogens with one attached hydrogen (secondary N) is 1. The molecule has 0 saturated heterocycles. The number of hydrogen-bond acceptors (Lipinski definition) is 3. The third-order valence-corrected chi connectivity index (χ3v) is 4.09. The van der Waals surface area contributed by atoms with Crippen LogP contribution in [0.4, 0.5) is 5.69 Å². The highest BCUT2D eigenvalue weighted by molar-refractivity contribution is 5.58. The lowest BCUT2D eigenvalue weighted by Gasteiger charge is -2.34. The van der Waals surface area contributed by atoms with E-state index in [0.29, 0.717) is 6.04 Å². The van der Waals surface area contributed by atoms with Gasteiger partial charge in [0, 0.05) is 31.9 Å². The Morgan fingerprint density at radius 1 is 1.42 bits per heavy atom. The van der Waals surface area contributed by atoms with Crippen LogP contribution in [-0.2, 0) is 17.7 Å². The van der Waals surface area contributed by atoms with Crippen molar-refractivity contribution < 1.29 is 4.74 Å². The fraction of sp³-hybridized carbons (Fsp3) is 0.625. The Hall–Kier alpha value is -1.06. The van der Waals surface area contributed by atoms with Crippen molar-refractivity contribution in [3.8, 4) is 0 Å². The molecule has 0 aromatic heterocycles. The lowest BCUT2D eigenvalue weighted by molar-refractivity contribution is 0.203. The quantitative estimate of drug-likeness (QED) is 0.853. The van der Waals surface area contributed by atoms with Crippen molar-refractivity contribution in [3.63, 3.8) is 0 Å². The first-order valence-corrected chi connectivity index (χ1v) is 7.35. The number of methoxy groups -OCH3 is 1. The summed E-state index contributed by atoms with van der Waals surface area (Å²) in [5, 5.41) is 3.49. The second kappa shape index (κ2) is 6.92. The van der Waals surface area contributed by atoms with Crippen LogP contribution in [0, 0.1) is 0 Å². The van der Waals surface area contributed by atoms with Crippen LogP contribution in [0.15, 0.2) is 18.2 Å². The summed E-state index contributed by atoms with van der Waals surface area (Å²) >= 11 is 0. The summed E-state index contributed by atoms with van der Waals surface area (Å²) in [6, 6.07) is 7.27. The van der Waals surface area contributed by atoms with Gasteiger partial charge in [0.2, 0.25) is 0 Å². The minimum absolute atomic E-state index is 0.545. The smallest absolute Gasteiger partial charge is 0.0637 e. The van der Waals surface area contributed by atoms with E-state index < -0.39 is 0 Å². The lowest BCUT2D eigenvalue weighted by atomic mass is 9.98. The van der Waals surface area contributed by atoms with Gasteiger partial charge >= 0.3 is 0 Å². The molecule has 19 heavy (non-hydrogen) atoms. The molecule has 0 saturated carbocycles. The van der Waals surface area contributed by atoms with Crippen LogP contribution in [0.1, 0.15) is 31.4 Å². The maximum absolute atomic E-state index is 5.28. The average Bonchev–Trinajstić information content (AvgIpc) is 2.47. The molecule has 1 unspecified atom stereocenters. The van der Waals surface area contributed by atoms with Gasteiger partial charge < -0.3 is 15.0 Å². The Balaban J connectivity index is 2.29. The maximum Gasteiger partial charge on any atom is 0.0637 e. The van der Waals surface area contributed by atoms with Gasteiger partial charge in [-0.05, 0) is 43.5 Å². The van der Waals surface area contributed by atoms with Gasteiger partial charge in [-0.25, -0.2) is 0 Å². The number of fused-ring (bicyclic) bond motifs is 1. The summed E-state index contributed by atoms with van der Waals surface area (Å²) in [5.41, 5.74) is 4.36. The maximum atomic E-state index is 5.28. The van der Waals surface area contributed by atoms with Crippen LogP contribution in [0.3, 0.4) is 0 Å². The monoisotopic (exact) mass is 262 g/mol. The van der Waals surface area contributed by atoms with Crippen molar-refractivity contribution in [2.24, 2.45) is 0 Å². The van der Waals surface area contributed by atoms with E-state index in [9.17, 15) is 0 Å². The van der Waals surface area contributed by atoms with E-state index in [1.807, 2.05) is 0 Å². The van der Waals surface area contributed by atoms with Gasteiger partial charge in [-0.3, -0.25) is 0 Å². The highest BCUT2D eigenvalue weighted by Crippen LogP contribution is 2.28. The zero-order chi connectivity index (χ0) is 13.7. The number of nitrogens with zero attached hydrogens (tertiary/aromatic N) is 1. The predicted octanol–water partition coefficient (Wildman–Crippen LogP) is 2.58. The van der Waals surface area contributed by atoms with E-state index in [0.717, 1.165) is 39.1 Å². The molecule has 0 spiro atoms. The third kappa shape index (κ3) is 3.28. The van der Waals surface area contributed by atoms with Crippen LogP contribution in [0.5, 0.6) is 0 Å². The van der Waals surface area contributed by atoms with Crippen molar-refractivity contribution >= 4 is 5.69 Å². The second-order valence-corrected chi connectivity index (χ2v) is 5.29. The number of ether oxygens (including phenoxy) is 1. The minimum Gasteiger partial charge on any atom is -0.383 e. The van der Waals surface area contributed by atoms with Crippen molar-refractivity contribution in [2.75, 3.05) is 31.7 Å². The summed E-state index contributed by atoms with van der Waals surface area (Å²) in [7, 11) is 1.77. The van der Waals surface area contributed by atoms with Crippen molar-refractivity contribution in [1.29, 1.82) is 0 Å². The van der Waals surface area contributed by atoms with Crippen molar-refractivity contribution in [3.05, 3.63) is 29.3 Å². The van der Waals surface area contributed by atoms with Crippen molar-refractivity contribution in [1.82, 2.24) is 5.32 Å². The van der Waals surface area contributed by atoms with E-state index in [1.54, 1.807) is 7.11 Å². The Morgan fingerprint density at radius 3 is 3.00 bits per heavy atom. The largest absolute Gasteiger partial charge is 0.383 e. The molecule has 1 aliphatic rings. The fourth-order valence-electron chi connectivity index (χ4n) is 2.75. The summed E-state index contributed by atoms with van der Waals surface area (Å²) in [6.07, 6.45) is 2.29. The number of hydrogen-bond donors (Lipinski definition) is 1. The Kier molecular flexibility index (Phi) is 5.23. The Labute approximate surface area is 116 Å². The second-order valence-electron chi connectivity index (χ2n) is 5.29. The Bertz CT molecular complexity index is 406. The van der Waals surface area contributed by atoms with E-state index in [4.69, 9.17) is 4.74 Å². The molecule has 1 heterocycles. The molecular formula is C16H26N2O. The predicted molar refractivity (Wildman–Crippen MR) is 80.8 cm³/mol. The van der Waals surface area contributed by atoms with Gasteiger partial charge in [0.05, 0.1) is 6.61 Å². The van der Waals surface area contributed by atoms with Gasteiger partial charge in [0.25, 0.3) is 0 Å². The molecule has 1 aromatic rings. The molecule has 1 aliphatic heterocycles. The minimum atomic E-state index is 0.545. The standard InChI is InChI=1S/C16H26N2O/c1-4-13(2)18(10-11-19-3)16-7-5-6-14-8-9-17-12-15(14)16/h5-7,13,17H,4,8-12H2,1-3H3. The average molecular weight is 262 g/mol. The molecular weight excluding hydrogens is 236 g/mol. The van der Waals surface area contributed by atoms with Gasteiger partial charge in [-0.15, -0.1) is 0 Å². The van der Waals surface area contributed by atoms with Crippen LogP contribution in [-0.4, -0.2) is 32.8 Å². The van der Waals surface area contributed by atoms with Gasteiger partial charge in [-0.2, -0.15) is 0 Å². The number of benzene rings is 1. The Morgan fingerprint density at radius 2 is 2.26 bits per heavy atom. The van der Waals surface area contributed by atoms with E-state index in [-0.39, 0.29) is 0 Å². The van der Waals surface area contributed by atoms with Crippen LogP contribution >= 0.6 is 0 Å². The first-order valence-electron chi connectivity index (χ1n) is 7.35. The fourth-order valence-corrected chi connectivity index (χ4v) is 2.75. The lowest BCUT2D eigenvalue weighted by Crippen LogP contribution is -2.37. The summed E-state index contributed by atoms with van der Waals surface area (Å²) < 4.78 is 5.28. The molecule has 0 radical (unpaired) electrons.